The van der Waals surface area contributed by atoms with Crippen LogP contribution in [0.15, 0.2) is 59.7 Å². The number of nitrogens with one attached hydrogen (secondary N) is 2. The van der Waals surface area contributed by atoms with Gasteiger partial charge in [-0.1, -0.05) is 54.6 Å². The number of amides is 2. The van der Waals surface area contributed by atoms with Crippen LogP contribution in [0.4, 0.5) is 0 Å². The third-order valence-corrected chi connectivity index (χ3v) is 5.59. The first kappa shape index (κ1) is 26.8. The molecule has 1 heterocycles. The lowest BCUT2D eigenvalue weighted by Gasteiger charge is -2.28. The first-order valence-electron chi connectivity index (χ1n) is 10.9. The monoisotopic (exact) mass is 487 g/mol. The van der Waals surface area contributed by atoms with Crippen LogP contribution in [0.1, 0.15) is 29.5 Å². The van der Waals surface area contributed by atoms with Crippen molar-refractivity contribution < 1.29 is 19.5 Å². The van der Waals surface area contributed by atoms with Crippen LogP contribution in [0, 0.1) is 0 Å². The van der Waals surface area contributed by atoms with Crippen molar-refractivity contribution in [3.63, 3.8) is 0 Å². The summed E-state index contributed by atoms with van der Waals surface area (Å²) < 4.78 is 0. The number of hydrogen-bond acceptors (Lipinski definition) is 6. The van der Waals surface area contributed by atoms with Crippen LogP contribution in [0.3, 0.4) is 0 Å². The van der Waals surface area contributed by atoms with Crippen molar-refractivity contribution >= 4 is 36.4 Å². The highest BCUT2D eigenvalue weighted by Crippen LogP contribution is 2.20. The smallest absolute Gasteiger partial charge is 0.317 e. The van der Waals surface area contributed by atoms with Crippen LogP contribution < -0.4 is 16.5 Å². The molecule has 0 aromatic heterocycles. The predicted octanol–water partition coefficient (Wildman–Crippen LogP) is 1.29. The fourth-order valence-electron chi connectivity index (χ4n) is 3.92. The number of carbonyl (C=O) groups excluding carboxylic acids is 2. The van der Waals surface area contributed by atoms with Crippen molar-refractivity contribution in [1.29, 1.82) is 0 Å². The molecule has 0 bridgehead atoms. The Bertz CT molecular complexity index is 985. The molecule has 10 heteroatoms. The summed E-state index contributed by atoms with van der Waals surface area (Å²) >= 11 is 0. The lowest BCUT2D eigenvalue weighted by Crippen LogP contribution is -2.53. The summed E-state index contributed by atoms with van der Waals surface area (Å²) in [6, 6.07) is 15.6. The van der Waals surface area contributed by atoms with E-state index in [0.717, 1.165) is 16.7 Å². The molecule has 2 aromatic carbocycles. The first-order valence-corrected chi connectivity index (χ1v) is 10.9. The molecule has 1 aliphatic rings. The zero-order chi connectivity index (χ0) is 23.6. The van der Waals surface area contributed by atoms with Crippen LogP contribution in [0.5, 0.6) is 0 Å². The van der Waals surface area contributed by atoms with Crippen molar-refractivity contribution in [2.75, 3.05) is 13.1 Å². The molecule has 0 unspecified atom stereocenters. The molecule has 2 amide bonds. The second-order valence-corrected chi connectivity index (χ2v) is 7.94. The number of carboxylic acids is 1. The molecular weight excluding hydrogens is 458 g/mol. The van der Waals surface area contributed by atoms with Gasteiger partial charge in [-0.3, -0.25) is 19.7 Å². The van der Waals surface area contributed by atoms with Crippen molar-refractivity contribution in [3.05, 3.63) is 71.3 Å². The second kappa shape index (κ2) is 13.3. The topological polar surface area (TPSA) is 137 Å². The van der Waals surface area contributed by atoms with Gasteiger partial charge in [0.1, 0.15) is 6.04 Å². The standard InChI is InChI=1S/C24H29N5O4.ClH/c25-28-15-19-10-8-18(9-11-19)14-27-23(32)21-7-4-12-29(21)24(33)20(26-16-22(30)31)13-17-5-2-1-3-6-17;/h1-3,5-6,8-11,15,20-21,26H,4,7,12-14,16,25H2,(H,27,32)(H,30,31);1H/t20-,21+;/m1./s1. The molecule has 5 N–H and O–H groups in total. The fourth-order valence-corrected chi connectivity index (χ4v) is 3.92. The Morgan fingerprint density at radius 2 is 1.82 bits per heavy atom. The Balaban J connectivity index is 0.00000408. The van der Waals surface area contributed by atoms with Gasteiger partial charge in [0.15, 0.2) is 0 Å². The van der Waals surface area contributed by atoms with Gasteiger partial charge in [-0.05, 0) is 36.0 Å². The molecule has 0 saturated carbocycles. The molecule has 2 atom stereocenters. The average Bonchev–Trinajstić information content (AvgIpc) is 3.31. The zero-order valence-electron chi connectivity index (χ0n) is 18.7. The number of hydrogen-bond donors (Lipinski definition) is 4. The average molecular weight is 488 g/mol. The van der Waals surface area contributed by atoms with E-state index in [1.807, 2.05) is 54.6 Å². The quantitative estimate of drug-likeness (QED) is 0.226. The minimum Gasteiger partial charge on any atom is -0.480 e. The fraction of sp³-hybridized carbons (Fsp3) is 0.333. The van der Waals surface area contributed by atoms with E-state index in [9.17, 15) is 14.4 Å². The highest BCUT2D eigenvalue weighted by molar-refractivity contribution is 5.90. The molecule has 1 saturated heterocycles. The third kappa shape index (κ3) is 7.57. The summed E-state index contributed by atoms with van der Waals surface area (Å²) in [6.07, 6.45) is 3.17. The van der Waals surface area contributed by atoms with Crippen LogP contribution in [0.2, 0.25) is 0 Å². The number of carbonyl (C=O) groups is 3. The summed E-state index contributed by atoms with van der Waals surface area (Å²) in [6.45, 7) is 0.463. The van der Waals surface area contributed by atoms with Crippen molar-refractivity contribution in [3.8, 4) is 0 Å². The summed E-state index contributed by atoms with van der Waals surface area (Å²) in [5, 5.41) is 18.3. The number of carboxylic acid groups (broad SMARTS) is 1. The Morgan fingerprint density at radius 3 is 2.47 bits per heavy atom. The summed E-state index contributed by atoms with van der Waals surface area (Å²) in [7, 11) is 0. The summed E-state index contributed by atoms with van der Waals surface area (Å²) in [4.78, 5) is 38.9. The van der Waals surface area contributed by atoms with E-state index >= 15 is 0 Å². The van der Waals surface area contributed by atoms with Gasteiger partial charge in [0.2, 0.25) is 11.8 Å². The SMILES string of the molecule is Cl.NN=Cc1ccc(CNC(=O)[C@@H]2CCCN2C(=O)[C@@H](Cc2ccccc2)NCC(=O)O)cc1. The number of aliphatic carboxylic acids is 1. The van der Waals surface area contributed by atoms with Crippen molar-refractivity contribution in [1.82, 2.24) is 15.5 Å². The number of likely N-dealkylation sites (tertiary alicyclic amines) is 1. The molecule has 0 radical (unpaired) electrons. The van der Waals surface area contributed by atoms with Gasteiger partial charge < -0.3 is 21.2 Å². The number of hydrazone groups is 1. The van der Waals surface area contributed by atoms with Gasteiger partial charge in [0.25, 0.3) is 0 Å². The first-order chi connectivity index (χ1) is 16.0. The number of halogens is 1. The number of benzene rings is 2. The van der Waals surface area contributed by atoms with Crippen LogP contribution >= 0.6 is 12.4 Å². The predicted molar refractivity (Wildman–Crippen MR) is 132 cm³/mol. The molecule has 34 heavy (non-hydrogen) atoms. The normalized spacial score (nSPS) is 16.1. The Morgan fingerprint density at radius 1 is 1.12 bits per heavy atom. The van der Waals surface area contributed by atoms with Crippen molar-refractivity contribution in [2.24, 2.45) is 10.9 Å². The van der Waals surface area contributed by atoms with Crippen LogP contribution in [0.25, 0.3) is 0 Å². The molecule has 0 spiro atoms. The van der Waals surface area contributed by atoms with Gasteiger partial charge in [-0.25, -0.2) is 0 Å². The zero-order valence-corrected chi connectivity index (χ0v) is 19.5. The van der Waals surface area contributed by atoms with E-state index in [2.05, 4.69) is 15.7 Å². The molecule has 2 aromatic rings. The van der Waals surface area contributed by atoms with Crippen LogP contribution in [-0.4, -0.2) is 59.2 Å². The molecule has 182 valence electrons. The molecule has 0 aliphatic carbocycles. The molecule has 1 aliphatic heterocycles. The van der Waals surface area contributed by atoms with Gasteiger partial charge in [0.05, 0.1) is 18.8 Å². The number of rotatable bonds is 10. The lowest BCUT2D eigenvalue weighted by molar-refractivity contribution is -0.141. The van der Waals surface area contributed by atoms with Gasteiger partial charge in [0, 0.05) is 13.1 Å². The van der Waals surface area contributed by atoms with E-state index in [4.69, 9.17) is 10.9 Å². The number of nitrogens with two attached hydrogens (primary N) is 1. The lowest BCUT2D eigenvalue weighted by atomic mass is 10.0. The van der Waals surface area contributed by atoms with Gasteiger partial charge in [-0.2, -0.15) is 5.10 Å². The highest BCUT2D eigenvalue weighted by Gasteiger charge is 2.37. The summed E-state index contributed by atoms with van der Waals surface area (Å²) in [5.74, 6) is 3.63. The largest absolute Gasteiger partial charge is 0.480 e. The Kier molecular flexibility index (Phi) is 10.5. The Labute approximate surface area is 204 Å². The molecular formula is C24H30ClN5O4. The van der Waals surface area contributed by atoms with E-state index in [1.165, 1.54) is 6.21 Å². The third-order valence-electron chi connectivity index (χ3n) is 5.59. The van der Waals surface area contributed by atoms with Crippen LogP contribution in [-0.2, 0) is 27.3 Å². The second-order valence-electron chi connectivity index (χ2n) is 7.94. The molecule has 3 rings (SSSR count). The van der Waals surface area contributed by atoms with Gasteiger partial charge >= 0.3 is 5.97 Å². The minimum atomic E-state index is -1.04. The maximum absolute atomic E-state index is 13.3. The maximum Gasteiger partial charge on any atom is 0.317 e. The number of nitrogens with zero attached hydrogens (tertiary/aromatic N) is 2. The minimum absolute atomic E-state index is 0. The highest BCUT2D eigenvalue weighted by atomic mass is 35.5. The van der Waals surface area contributed by atoms with E-state index in [0.29, 0.717) is 32.4 Å². The molecule has 9 nitrogen and oxygen atoms in total. The molecule has 1 fully saturated rings. The van der Waals surface area contributed by atoms with Gasteiger partial charge in [-0.15, -0.1) is 12.4 Å². The Hall–Kier alpha value is -3.43. The van der Waals surface area contributed by atoms with E-state index < -0.39 is 18.1 Å². The van der Waals surface area contributed by atoms with Crippen molar-refractivity contribution in [2.45, 2.75) is 37.9 Å². The maximum atomic E-state index is 13.3. The van der Waals surface area contributed by atoms with E-state index in [-0.39, 0.29) is 30.8 Å². The van der Waals surface area contributed by atoms with E-state index in [1.54, 1.807) is 4.90 Å². The summed E-state index contributed by atoms with van der Waals surface area (Å²) in [5.41, 5.74) is 2.69.